The molecule has 21 heavy (non-hydrogen) atoms. The van der Waals surface area contributed by atoms with Crippen LogP contribution in [0.1, 0.15) is 10.5 Å². The Balaban J connectivity index is 1.94. The van der Waals surface area contributed by atoms with E-state index in [0.29, 0.717) is 11.5 Å². The number of rotatable bonds is 3. The lowest BCUT2D eigenvalue weighted by Crippen LogP contribution is -2.07. The Labute approximate surface area is 124 Å². The SMILES string of the molecule is COC(=O)c1ccc(N)c(Nc2ccc3ncsc3c2)n1. The zero-order valence-electron chi connectivity index (χ0n) is 11.2. The molecule has 0 atom stereocenters. The molecule has 0 radical (unpaired) electrons. The van der Waals surface area contributed by atoms with Crippen molar-refractivity contribution in [1.29, 1.82) is 0 Å². The molecular formula is C14H12N4O2S. The normalized spacial score (nSPS) is 10.5. The van der Waals surface area contributed by atoms with Crippen LogP contribution in [0.25, 0.3) is 10.2 Å². The molecule has 6 nitrogen and oxygen atoms in total. The summed E-state index contributed by atoms with van der Waals surface area (Å²) < 4.78 is 5.71. The minimum atomic E-state index is -0.504. The van der Waals surface area contributed by atoms with Crippen LogP contribution in [-0.2, 0) is 4.74 Å². The van der Waals surface area contributed by atoms with Crippen LogP contribution in [0, 0.1) is 0 Å². The van der Waals surface area contributed by atoms with Gasteiger partial charge in [0.15, 0.2) is 11.5 Å². The second-order valence-electron chi connectivity index (χ2n) is 4.29. The number of anilines is 3. The van der Waals surface area contributed by atoms with E-state index in [0.717, 1.165) is 15.9 Å². The van der Waals surface area contributed by atoms with Crippen LogP contribution in [-0.4, -0.2) is 23.0 Å². The highest BCUT2D eigenvalue weighted by Crippen LogP contribution is 2.26. The molecular weight excluding hydrogens is 288 g/mol. The first kappa shape index (κ1) is 13.3. The number of nitrogen functional groups attached to an aromatic ring is 1. The van der Waals surface area contributed by atoms with Crippen LogP contribution >= 0.6 is 11.3 Å². The number of methoxy groups -OCH3 is 1. The summed E-state index contributed by atoms with van der Waals surface area (Å²) in [6.45, 7) is 0. The standard InChI is InChI=1S/C14H12N4O2S/c1-20-14(19)11-5-3-9(15)13(18-11)17-8-2-4-10-12(6-8)21-7-16-10/h2-7H,15H2,1H3,(H,17,18). The molecule has 2 aromatic heterocycles. The largest absolute Gasteiger partial charge is 0.464 e. The van der Waals surface area contributed by atoms with E-state index < -0.39 is 5.97 Å². The van der Waals surface area contributed by atoms with Gasteiger partial charge >= 0.3 is 5.97 Å². The van der Waals surface area contributed by atoms with E-state index in [-0.39, 0.29) is 5.69 Å². The predicted octanol–water partition coefficient (Wildman–Crippen LogP) is 2.80. The molecule has 2 heterocycles. The monoisotopic (exact) mass is 300 g/mol. The minimum Gasteiger partial charge on any atom is -0.464 e. The van der Waals surface area contributed by atoms with Gasteiger partial charge in [0, 0.05) is 5.69 Å². The highest BCUT2D eigenvalue weighted by atomic mass is 32.1. The first-order valence-electron chi connectivity index (χ1n) is 6.12. The predicted molar refractivity (Wildman–Crippen MR) is 82.9 cm³/mol. The highest BCUT2D eigenvalue weighted by Gasteiger charge is 2.11. The lowest BCUT2D eigenvalue weighted by Gasteiger charge is -2.09. The molecule has 7 heteroatoms. The molecule has 0 unspecified atom stereocenters. The van der Waals surface area contributed by atoms with Crippen LogP contribution in [0.3, 0.4) is 0 Å². The third kappa shape index (κ3) is 2.63. The van der Waals surface area contributed by atoms with Crippen molar-refractivity contribution in [2.24, 2.45) is 0 Å². The van der Waals surface area contributed by atoms with Crippen molar-refractivity contribution >= 4 is 44.7 Å². The number of carbonyl (C=O) groups excluding carboxylic acids is 1. The molecule has 106 valence electrons. The number of ether oxygens (including phenoxy) is 1. The van der Waals surface area contributed by atoms with Gasteiger partial charge in [0.2, 0.25) is 0 Å². The van der Waals surface area contributed by atoms with E-state index in [2.05, 4.69) is 20.0 Å². The molecule has 0 fully saturated rings. The fourth-order valence-electron chi connectivity index (χ4n) is 1.86. The van der Waals surface area contributed by atoms with Crippen LogP contribution < -0.4 is 11.1 Å². The molecule has 0 aliphatic carbocycles. The molecule has 0 bridgehead atoms. The molecule has 0 aliphatic heterocycles. The van der Waals surface area contributed by atoms with Gasteiger partial charge in [-0.25, -0.2) is 14.8 Å². The summed E-state index contributed by atoms with van der Waals surface area (Å²) in [5, 5.41) is 3.11. The summed E-state index contributed by atoms with van der Waals surface area (Å²) in [5.41, 5.74) is 10.1. The third-order valence-electron chi connectivity index (χ3n) is 2.91. The smallest absolute Gasteiger partial charge is 0.356 e. The molecule has 0 amide bonds. The Hall–Kier alpha value is -2.67. The van der Waals surface area contributed by atoms with Gasteiger partial charge in [-0.15, -0.1) is 11.3 Å². The fourth-order valence-corrected chi connectivity index (χ4v) is 2.57. The topological polar surface area (TPSA) is 90.1 Å². The number of benzene rings is 1. The van der Waals surface area contributed by atoms with Gasteiger partial charge in [-0.1, -0.05) is 0 Å². The number of pyridine rings is 1. The van der Waals surface area contributed by atoms with Gasteiger partial charge in [-0.2, -0.15) is 0 Å². The Bertz CT molecular complexity index is 816. The second kappa shape index (κ2) is 5.37. The molecule has 0 aliphatic rings. The number of esters is 1. The van der Waals surface area contributed by atoms with E-state index in [1.165, 1.54) is 13.2 Å². The van der Waals surface area contributed by atoms with Gasteiger partial charge in [-0.05, 0) is 30.3 Å². The van der Waals surface area contributed by atoms with Crippen molar-refractivity contribution in [1.82, 2.24) is 9.97 Å². The maximum Gasteiger partial charge on any atom is 0.356 e. The van der Waals surface area contributed by atoms with E-state index in [4.69, 9.17) is 5.73 Å². The number of nitrogens with two attached hydrogens (primary N) is 1. The van der Waals surface area contributed by atoms with E-state index in [9.17, 15) is 4.79 Å². The number of hydrogen-bond acceptors (Lipinski definition) is 7. The van der Waals surface area contributed by atoms with Crippen molar-refractivity contribution in [2.45, 2.75) is 0 Å². The summed E-state index contributed by atoms with van der Waals surface area (Å²) in [4.78, 5) is 19.9. The second-order valence-corrected chi connectivity index (χ2v) is 5.17. The van der Waals surface area contributed by atoms with Gasteiger partial charge in [0.25, 0.3) is 0 Å². The van der Waals surface area contributed by atoms with Crippen molar-refractivity contribution in [3.63, 3.8) is 0 Å². The maximum atomic E-state index is 11.5. The zero-order chi connectivity index (χ0) is 14.8. The molecule has 3 aromatic rings. The quantitative estimate of drug-likeness (QED) is 0.723. The fraction of sp³-hybridized carbons (Fsp3) is 0.0714. The van der Waals surface area contributed by atoms with Gasteiger partial charge in [0.05, 0.1) is 28.5 Å². The van der Waals surface area contributed by atoms with Crippen molar-refractivity contribution < 1.29 is 9.53 Å². The summed E-state index contributed by atoms with van der Waals surface area (Å²) in [7, 11) is 1.31. The molecule has 0 saturated carbocycles. The van der Waals surface area contributed by atoms with Crippen LogP contribution in [0.2, 0.25) is 0 Å². The Morgan fingerprint density at radius 1 is 1.33 bits per heavy atom. The molecule has 1 aromatic carbocycles. The molecule has 0 saturated heterocycles. The van der Waals surface area contributed by atoms with Crippen LogP contribution in [0.15, 0.2) is 35.8 Å². The van der Waals surface area contributed by atoms with Gasteiger partial charge < -0.3 is 15.8 Å². The zero-order valence-corrected chi connectivity index (χ0v) is 12.0. The minimum absolute atomic E-state index is 0.202. The van der Waals surface area contributed by atoms with Crippen LogP contribution in [0.4, 0.5) is 17.2 Å². The Morgan fingerprint density at radius 3 is 3.00 bits per heavy atom. The highest BCUT2D eigenvalue weighted by molar-refractivity contribution is 7.16. The molecule has 0 spiro atoms. The summed E-state index contributed by atoms with van der Waals surface area (Å²) in [6, 6.07) is 8.90. The lowest BCUT2D eigenvalue weighted by atomic mass is 10.2. The summed E-state index contributed by atoms with van der Waals surface area (Å²) >= 11 is 1.55. The number of nitrogens with zero attached hydrogens (tertiary/aromatic N) is 2. The maximum absolute atomic E-state index is 11.5. The van der Waals surface area contributed by atoms with Crippen molar-refractivity contribution in [3.8, 4) is 0 Å². The Kier molecular flexibility index (Phi) is 3.41. The third-order valence-corrected chi connectivity index (χ3v) is 3.71. The van der Waals surface area contributed by atoms with Gasteiger partial charge in [-0.3, -0.25) is 0 Å². The number of fused-ring (bicyclic) bond motifs is 1. The average Bonchev–Trinajstić information content (AvgIpc) is 2.96. The molecule has 3 rings (SSSR count). The van der Waals surface area contributed by atoms with Crippen molar-refractivity contribution in [2.75, 3.05) is 18.2 Å². The average molecular weight is 300 g/mol. The number of hydrogen-bond donors (Lipinski definition) is 2. The van der Waals surface area contributed by atoms with Crippen LogP contribution in [0.5, 0.6) is 0 Å². The first-order valence-corrected chi connectivity index (χ1v) is 7.00. The van der Waals surface area contributed by atoms with E-state index in [1.807, 2.05) is 18.2 Å². The van der Waals surface area contributed by atoms with E-state index >= 15 is 0 Å². The van der Waals surface area contributed by atoms with E-state index in [1.54, 1.807) is 22.9 Å². The number of nitrogens with one attached hydrogen (secondary N) is 1. The Morgan fingerprint density at radius 2 is 2.19 bits per heavy atom. The van der Waals surface area contributed by atoms with Gasteiger partial charge in [0.1, 0.15) is 0 Å². The number of carbonyl (C=O) groups is 1. The van der Waals surface area contributed by atoms with Crippen molar-refractivity contribution in [3.05, 3.63) is 41.5 Å². The first-order chi connectivity index (χ1) is 10.2. The number of aromatic nitrogens is 2. The lowest BCUT2D eigenvalue weighted by molar-refractivity contribution is 0.0594. The summed E-state index contributed by atoms with van der Waals surface area (Å²) in [5.74, 6) is -0.0854. The number of thiazole rings is 1. The molecule has 3 N–H and O–H groups in total. The summed E-state index contributed by atoms with van der Waals surface area (Å²) in [6.07, 6.45) is 0.